The molecule has 7 heteroatoms. The van der Waals surface area contributed by atoms with Crippen molar-refractivity contribution in [3.05, 3.63) is 93.3 Å². The minimum Gasteiger partial charge on any atom is -0.497 e. The number of nitrogens with two attached hydrogens (primary N) is 1. The van der Waals surface area contributed by atoms with Crippen molar-refractivity contribution < 1.29 is 14.3 Å². The van der Waals surface area contributed by atoms with Crippen LogP contribution in [-0.4, -0.2) is 42.6 Å². The molecule has 2 N–H and O–H groups in total. The smallest absolute Gasteiger partial charge is 0.253 e. The van der Waals surface area contributed by atoms with Crippen LogP contribution in [0.15, 0.2) is 98.3 Å². The van der Waals surface area contributed by atoms with E-state index in [1.165, 1.54) is 11.8 Å². The number of hydrogen-bond acceptors (Lipinski definition) is 5. The number of thioether (sulfide) groups is 1. The monoisotopic (exact) mass is 577 g/mol. The van der Waals surface area contributed by atoms with Crippen molar-refractivity contribution in [2.24, 2.45) is 16.6 Å². The second-order valence-corrected chi connectivity index (χ2v) is 11.2. The number of carbonyl (C=O) groups is 2. The average molecular weight is 578 g/mol. The van der Waals surface area contributed by atoms with Gasteiger partial charge in [0, 0.05) is 35.2 Å². The summed E-state index contributed by atoms with van der Waals surface area (Å²) < 4.78 is 5.35. The van der Waals surface area contributed by atoms with Crippen molar-refractivity contribution in [1.82, 2.24) is 4.90 Å². The molecule has 0 radical (unpaired) electrons. The van der Waals surface area contributed by atoms with Gasteiger partial charge in [-0.05, 0) is 88.6 Å². The molecule has 0 saturated heterocycles. The highest BCUT2D eigenvalue weighted by molar-refractivity contribution is 8.06. The summed E-state index contributed by atoms with van der Waals surface area (Å²) in [6.45, 7) is 21.3. The van der Waals surface area contributed by atoms with E-state index in [2.05, 4.69) is 20.4 Å². The molecule has 1 aromatic carbocycles. The maximum atomic E-state index is 13.2. The maximum absolute atomic E-state index is 13.2. The molecule has 0 bridgehead atoms. The van der Waals surface area contributed by atoms with E-state index < -0.39 is 5.91 Å². The van der Waals surface area contributed by atoms with E-state index in [-0.39, 0.29) is 11.5 Å². The summed E-state index contributed by atoms with van der Waals surface area (Å²) in [6, 6.07) is 7.29. The van der Waals surface area contributed by atoms with Gasteiger partial charge in [-0.15, -0.1) is 0 Å². The highest BCUT2D eigenvalue weighted by atomic mass is 32.2. The molecule has 2 amide bonds. The lowest BCUT2D eigenvalue weighted by Crippen LogP contribution is -2.33. The number of allylic oxidation sites excluding steroid dienone is 7. The number of rotatable bonds is 15. The zero-order chi connectivity index (χ0) is 31.1. The molecule has 0 unspecified atom stereocenters. The zero-order valence-corrected chi connectivity index (χ0v) is 27.0. The molecule has 6 nitrogen and oxygen atoms in total. The molecule has 1 aromatic rings. The topological polar surface area (TPSA) is 85.0 Å². The van der Waals surface area contributed by atoms with Crippen LogP contribution in [0.25, 0.3) is 0 Å². The number of amides is 2. The lowest BCUT2D eigenvalue weighted by atomic mass is 9.96. The van der Waals surface area contributed by atoms with Crippen LogP contribution in [0, 0.1) is 5.92 Å². The summed E-state index contributed by atoms with van der Waals surface area (Å²) in [5.41, 5.74) is 9.17. The maximum Gasteiger partial charge on any atom is 0.253 e. The van der Waals surface area contributed by atoms with Crippen molar-refractivity contribution in [3.63, 3.8) is 0 Å². The molecule has 0 atom stereocenters. The Bertz CT molecular complexity index is 1280. The molecule has 0 spiro atoms. The summed E-state index contributed by atoms with van der Waals surface area (Å²) in [7, 11) is 1.59. The van der Waals surface area contributed by atoms with Gasteiger partial charge in [0.15, 0.2) is 0 Å². The molecule has 1 rings (SSSR count). The van der Waals surface area contributed by atoms with Crippen LogP contribution >= 0.6 is 11.8 Å². The summed E-state index contributed by atoms with van der Waals surface area (Å²) in [5, 5.41) is 0. The van der Waals surface area contributed by atoms with Gasteiger partial charge in [0.2, 0.25) is 0 Å². The van der Waals surface area contributed by atoms with E-state index in [0.717, 1.165) is 28.3 Å². The first-order valence-corrected chi connectivity index (χ1v) is 14.8. The average Bonchev–Trinajstić information content (AvgIpc) is 2.93. The van der Waals surface area contributed by atoms with Crippen LogP contribution in [0.3, 0.4) is 0 Å². The largest absolute Gasteiger partial charge is 0.497 e. The predicted octanol–water partition coefficient (Wildman–Crippen LogP) is 8.08. The first-order chi connectivity index (χ1) is 19.4. The second kappa shape index (κ2) is 18.0. The molecule has 41 heavy (non-hydrogen) atoms. The van der Waals surface area contributed by atoms with E-state index in [9.17, 15) is 9.59 Å². The van der Waals surface area contributed by atoms with Crippen LogP contribution in [0.5, 0.6) is 5.75 Å². The number of ether oxygens (including phenoxy) is 1. The Morgan fingerprint density at radius 2 is 1.78 bits per heavy atom. The van der Waals surface area contributed by atoms with Gasteiger partial charge in [0.25, 0.3) is 11.8 Å². The number of benzene rings is 1. The van der Waals surface area contributed by atoms with Crippen LogP contribution in [0.2, 0.25) is 0 Å². The number of hydrogen-bond donors (Lipinski definition) is 1. The molecule has 0 heterocycles. The van der Waals surface area contributed by atoms with Gasteiger partial charge in [-0.3, -0.25) is 9.59 Å². The standard InChI is InChI=1S/C34H47N3O3S/c1-11-26(34(39)37(14-4)19-18-23(5)6)20-25(9)41-29(12-2)22-31(24(7)8)32(30(13-3)33(35)38)36-27-16-15-17-28(21-27)40-10/h11-13,15-17,20-23H,7,14,18-19H2,1-6,8-10H3,(H2,35,38)/b25-20?,26-11?,29-12?,30-13+,31-22+,36-32?. The molecule has 0 aromatic heterocycles. The molecule has 0 aliphatic rings. The molecular formula is C34H47N3O3S. The van der Waals surface area contributed by atoms with Crippen molar-refractivity contribution in [2.45, 2.75) is 61.8 Å². The van der Waals surface area contributed by atoms with Crippen molar-refractivity contribution in [3.8, 4) is 5.75 Å². The third-order valence-electron chi connectivity index (χ3n) is 6.23. The number of methoxy groups -OCH3 is 1. The number of likely N-dealkylation sites (N-methyl/N-ethyl adjacent to an activating group) is 1. The SMILES string of the molecule is C=C(C)/C(=C\C(=CC)SC(C)=CC(=CC)C(=O)N(CC)CCC(C)C)C(=Nc1cccc(OC)c1)/C(=C\C)C(N)=O. The van der Waals surface area contributed by atoms with E-state index in [0.29, 0.717) is 40.8 Å². The first-order valence-electron chi connectivity index (χ1n) is 14.0. The van der Waals surface area contributed by atoms with E-state index in [1.54, 1.807) is 26.2 Å². The Morgan fingerprint density at radius 1 is 1.10 bits per heavy atom. The summed E-state index contributed by atoms with van der Waals surface area (Å²) in [6.07, 6.45) is 10.3. The molecule has 222 valence electrons. The zero-order valence-electron chi connectivity index (χ0n) is 26.2. The van der Waals surface area contributed by atoms with Gasteiger partial charge in [0.1, 0.15) is 5.75 Å². The van der Waals surface area contributed by atoms with Gasteiger partial charge < -0.3 is 15.4 Å². The van der Waals surface area contributed by atoms with E-state index >= 15 is 0 Å². The summed E-state index contributed by atoms with van der Waals surface area (Å²) >= 11 is 1.53. The Labute approximate surface area is 251 Å². The van der Waals surface area contributed by atoms with Gasteiger partial charge in [0.05, 0.1) is 24.1 Å². The Kier molecular flexibility index (Phi) is 15.5. The lowest BCUT2D eigenvalue weighted by Gasteiger charge is -2.22. The van der Waals surface area contributed by atoms with E-state index in [4.69, 9.17) is 15.5 Å². The van der Waals surface area contributed by atoms with Crippen LogP contribution in [0.1, 0.15) is 61.8 Å². The number of aliphatic imine (C=N–C) groups is 1. The van der Waals surface area contributed by atoms with E-state index in [1.807, 2.05) is 82.0 Å². The fraction of sp³-hybridized carbons (Fsp3) is 0.382. The summed E-state index contributed by atoms with van der Waals surface area (Å²) in [5.74, 6) is 0.627. The second-order valence-electron chi connectivity index (χ2n) is 9.93. The molecule has 0 saturated carbocycles. The van der Waals surface area contributed by atoms with Gasteiger partial charge >= 0.3 is 0 Å². The number of nitrogens with zero attached hydrogens (tertiary/aromatic N) is 2. The van der Waals surface area contributed by atoms with Crippen LogP contribution < -0.4 is 10.5 Å². The minimum absolute atomic E-state index is 0.0303. The van der Waals surface area contributed by atoms with Crippen LogP contribution in [-0.2, 0) is 9.59 Å². The number of carbonyl (C=O) groups excluding carboxylic acids is 2. The van der Waals surface area contributed by atoms with Crippen molar-refractivity contribution in [2.75, 3.05) is 20.2 Å². The van der Waals surface area contributed by atoms with Gasteiger partial charge in [-0.2, -0.15) is 0 Å². The normalized spacial score (nSPS) is 13.9. The Hall–Kier alpha value is -3.58. The van der Waals surface area contributed by atoms with Crippen LogP contribution in [0.4, 0.5) is 5.69 Å². The van der Waals surface area contributed by atoms with Crippen molar-refractivity contribution >= 4 is 35.0 Å². The van der Waals surface area contributed by atoms with Gasteiger partial charge in [-0.1, -0.05) is 56.5 Å². The highest BCUT2D eigenvalue weighted by Crippen LogP contribution is 2.31. The third kappa shape index (κ3) is 11.4. The molecule has 0 fully saturated rings. The first kappa shape index (κ1) is 35.4. The predicted molar refractivity (Wildman–Crippen MR) is 177 cm³/mol. The Balaban J connectivity index is 3.52. The fourth-order valence-electron chi connectivity index (χ4n) is 3.88. The quantitative estimate of drug-likeness (QED) is 0.130. The fourth-order valence-corrected chi connectivity index (χ4v) is 4.73. The minimum atomic E-state index is -0.582. The van der Waals surface area contributed by atoms with Crippen molar-refractivity contribution in [1.29, 1.82) is 0 Å². The highest BCUT2D eigenvalue weighted by Gasteiger charge is 2.19. The molecule has 0 aliphatic carbocycles. The lowest BCUT2D eigenvalue weighted by molar-refractivity contribution is -0.126. The summed E-state index contributed by atoms with van der Waals surface area (Å²) in [4.78, 5) is 34.3. The van der Waals surface area contributed by atoms with Gasteiger partial charge in [-0.25, -0.2) is 4.99 Å². The number of primary amides is 1. The molecule has 0 aliphatic heterocycles. The Morgan fingerprint density at radius 3 is 2.27 bits per heavy atom. The third-order valence-corrected chi connectivity index (χ3v) is 7.26. The molecular weight excluding hydrogens is 530 g/mol.